The Morgan fingerprint density at radius 2 is 0.976 bits per heavy atom. The lowest BCUT2D eigenvalue weighted by Gasteiger charge is -2.21. The van der Waals surface area contributed by atoms with Gasteiger partial charge >= 0.3 is 25.9 Å². The van der Waals surface area contributed by atoms with E-state index in [1.54, 1.807) is 33.0 Å². The van der Waals surface area contributed by atoms with Crippen LogP contribution in [0.25, 0.3) is 11.2 Å². The van der Waals surface area contributed by atoms with Gasteiger partial charge in [0.05, 0.1) is 51.6 Å². The second kappa shape index (κ2) is 65.4. The van der Waals surface area contributed by atoms with Crippen molar-refractivity contribution < 1.29 is 75.5 Å². The largest absolute Gasteiger partial charge is 0.697 e. The minimum Gasteiger partial charge on any atom is -0.490 e. The van der Waals surface area contributed by atoms with Gasteiger partial charge in [-0.05, 0) is 50.8 Å². The van der Waals surface area contributed by atoms with Gasteiger partial charge in [-0.1, -0.05) is 330 Å². The van der Waals surface area contributed by atoms with Gasteiger partial charge in [-0.2, -0.15) is 9.97 Å². The van der Waals surface area contributed by atoms with Crippen molar-refractivity contribution in [1.82, 2.24) is 34.0 Å². The van der Waals surface area contributed by atoms with Crippen molar-refractivity contribution in [2.24, 2.45) is 5.92 Å². The molecule has 3 aromatic heterocycles. The number of carbonyl (C=O) groups is 6. The van der Waals surface area contributed by atoms with E-state index < -0.39 is 80.8 Å². The highest BCUT2D eigenvalue weighted by atomic mass is 31.1. The Kier molecular flexibility index (Phi) is 55.7. The molecule has 3 amide bonds. The molecule has 28 heteroatoms. The number of anilines is 2. The molecule has 0 radical (unpaired) electrons. The molecule has 27 nitrogen and oxygen atoms in total. The summed E-state index contributed by atoms with van der Waals surface area (Å²) in [5, 5.41) is 5.16. The van der Waals surface area contributed by atoms with Crippen LogP contribution in [0.2, 0.25) is 0 Å². The summed E-state index contributed by atoms with van der Waals surface area (Å²) in [7, 11) is -1.23. The number of ketones is 1. The van der Waals surface area contributed by atoms with E-state index in [2.05, 4.69) is 51.3 Å². The first-order valence-electron chi connectivity index (χ1n) is 49.2. The molecule has 706 valence electrons. The Hall–Kier alpha value is -7.19. The van der Waals surface area contributed by atoms with E-state index >= 15 is 0 Å². The zero-order chi connectivity index (χ0) is 89.9. The smallest absolute Gasteiger partial charge is 0.490 e. The average molecular weight is 1770 g/mol. The fourth-order valence-electron chi connectivity index (χ4n) is 16.1. The van der Waals surface area contributed by atoms with Crippen LogP contribution < -0.4 is 36.1 Å². The minimum absolute atomic E-state index is 0.0130. The minimum atomic E-state index is -2.88. The summed E-state index contributed by atoms with van der Waals surface area (Å²) >= 11 is 0. The molecular formula is C97H161N9O18P+. The van der Waals surface area contributed by atoms with Crippen molar-refractivity contribution >= 4 is 66.6 Å². The van der Waals surface area contributed by atoms with Crippen molar-refractivity contribution in [2.45, 2.75) is 438 Å². The summed E-state index contributed by atoms with van der Waals surface area (Å²) < 4.78 is 71.7. The van der Waals surface area contributed by atoms with E-state index in [1.807, 2.05) is 6.92 Å². The number of nitrogens with one attached hydrogen (secondary N) is 3. The van der Waals surface area contributed by atoms with E-state index in [-0.39, 0.29) is 98.1 Å². The Bertz CT molecular complexity index is 3760. The normalized spacial score (nSPS) is 16.4. The number of benzene rings is 1. The van der Waals surface area contributed by atoms with Crippen molar-refractivity contribution in [3.8, 4) is 17.2 Å². The first kappa shape index (κ1) is 107. The highest BCUT2D eigenvalue weighted by Crippen LogP contribution is 2.43. The first-order valence-corrected chi connectivity index (χ1v) is 50.3. The Morgan fingerprint density at radius 1 is 0.536 bits per heavy atom. The van der Waals surface area contributed by atoms with E-state index in [1.165, 1.54) is 285 Å². The lowest BCUT2D eigenvalue weighted by Crippen LogP contribution is -2.31. The monoisotopic (exact) mass is 1770 g/mol. The number of H-pyrrole nitrogens is 1. The van der Waals surface area contributed by atoms with Crippen molar-refractivity contribution in [1.29, 1.82) is 0 Å². The molecule has 0 bridgehead atoms. The number of hydrogen-bond donors (Lipinski definition) is 3. The molecule has 0 spiro atoms. The third-order valence-electron chi connectivity index (χ3n) is 23.8. The van der Waals surface area contributed by atoms with Gasteiger partial charge in [-0.15, -0.1) is 9.05 Å². The molecule has 125 heavy (non-hydrogen) atoms. The number of amides is 3. The number of hydrogen-bond acceptors (Lipinski definition) is 21. The standard InChI is InChI=1S/C97H160N9O18P/c1-9-13-16-19-22-25-28-31-34-37-40-43-46-49-52-55-65-116-81-69-77(70-82(117-66-56-53-50-47-44-41-38-35-32-29-26-23-20-17-14-10-2)91(81)119-67-57-54-51-48-45-42-39-36-33-30-27-24-21-18-15-11-3)95(113)104(8)64-68-118-88(109)61-59-85(108)99-84-62-63-105(97(114)100-84)86-71-79(123-89(110)60-58-76(7)107)83(122-86)73-120-125(115)124-80-72-87(121-78(80)12-4)106-74-98-90-92(106)101-96(103-94(90)112)102-93(111)75(5)6/h62-63,69-70,74-75,78-80,83,86-87H,9-61,64-68,71-73H2,1-8H3,(H2-,99,100,101,102,103,108,111,112,114)/p+1/t78-,79?,80?,83-,86-,87-/m1/s1. The van der Waals surface area contributed by atoms with Crippen molar-refractivity contribution in [3.63, 3.8) is 0 Å². The number of Topliss-reactive ketones (excluding diaryl/α,β-unsaturated/α-hetero) is 1. The number of unbranched alkanes of at least 4 members (excludes halogenated alkanes) is 45. The number of ether oxygens (including phenoxy) is 7. The molecule has 5 heterocycles. The number of nitrogens with zero attached hydrogens (tertiary/aromatic N) is 6. The molecule has 2 fully saturated rings. The van der Waals surface area contributed by atoms with Gasteiger partial charge in [-0.3, -0.25) is 48.2 Å². The van der Waals surface area contributed by atoms with Crippen LogP contribution in [0, 0.1) is 5.92 Å². The number of imidazole rings is 1. The van der Waals surface area contributed by atoms with Crippen LogP contribution >= 0.6 is 8.25 Å². The quantitative estimate of drug-likeness (QED) is 0.0210. The van der Waals surface area contributed by atoms with Gasteiger partial charge in [0.25, 0.3) is 11.5 Å². The number of esters is 2. The molecule has 3 N–H and O–H groups in total. The van der Waals surface area contributed by atoms with Gasteiger partial charge in [0, 0.05) is 55.0 Å². The maximum absolute atomic E-state index is 14.5. The van der Waals surface area contributed by atoms with Gasteiger partial charge < -0.3 is 48.2 Å². The molecule has 2 saturated heterocycles. The molecule has 4 aromatic rings. The predicted octanol–water partition coefficient (Wildman–Crippen LogP) is 23.3. The summed E-state index contributed by atoms with van der Waals surface area (Å²) in [4.78, 5) is 122. The fourth-order valence-corrected chi connectivity index (χ4v) is 16.9. The molecule has 1 aromatic carbocycles. The number of likely N-dealkylation sites (N-methyl/N-ethyl adjacent to an activating group) is 1. The maximum atomic E-state index is 14.5. The van der Waals surface area contributed by atoms with E-state index in [4.69, 9.17) is 42.2 Å². The second-order valence-corrected chi connectivity index (χ2v) is 36.1. The van der Waals surface area contributed by atoms with E-state index in [0.717, 1.165) is 62.4 Å². The zero-order valence-corrected chi connectivity index (χ0v) is 78.9. The lowest BCUT2D eigenvalue weighted by molar-refractivity contribution is -0.153. The molecule has 0 aliphatic carbocycles. The average Bonchev–Trinajstić information content (AvgIpc) is 1.68. The number of aromatic nitrogens is 6. The first-order chi connectivity index (χ1) is 60.8. The van der Waals surface area contributed by atoms with Crippen LogP contribution in [-0.4, -0.2) is 140 Å². The molecule has 0 saturated carbocycles. The summed E-state index contributed by atoms with van der Waals surface area (Å²) in [6, 6.07) is 4.89. The molecule has 7 atom stereocenters. The molecule has 2 aliphatic heterocycles. The van der Waals surface area contributed by atoms with Crippen LogP contribution in [0.3, 0.4) is 0 Å². The summed E-state index contributed by atoms with van der Waals surface area (Å²) in [6.07, 6.45) is 58.0. The topological polar surface area (TPSA) is 328 Å². The van der Waals surface area contributed by atoms with Crippen molar-refractivity contribution in [3.05, 3.63) is 57.1 Å². The van der Waals surface area contributed by atoms with Crippen LogP contribution in [0.5, 0.6) is 17.2 Å². The molecule has 6 rings (SSSR count). The van der Waals surface area contributed by atoms with Gasteiger partial charge in [0.15, 0.2) is 22.7 Å². The Balaban J connectivity index is 1.02. The number of rotatable bonds is 76. The lowest BCUT2D eigenvalue weighted by atomic mass is 10.0. The third-order valence-corrected chi connectivity index (χ3v) is 24.6. The predicted molar refractivity (Wildman–Crippen MR) is 493 cm³/mol. The Labute approximate surface area is 748 Å². The van der Waals surface area contributed by atoms with Crippen LogP contribution in [0.1, 0.15) is 424 Å². The van der Waals surface area contributed by atoms with E-state index in [9.17, 15) is 42.9 Å². The summed E-state index contributed by atoms with van der Waals surface area (Å²) in [5.41, 5.74) is -0.903. The third kappa shape index (κ3) is 44.1. The highest BCUT2D eigenvalue weighted by Gasteiger charge is 2.46. The van der Waals surface area contributed by atoms with Crippen LogP contribution in [0.15, 0.2) is 40.3 Å². The summed E-state index contributed by atoms with van der Waals surface area (Å²) in [6.45, 7) is 14.3. The number of fused-ring (bicyclic) bond motifs is 1. The van der Waals surface area contributed by atoms with Crippen LogP contribution in [-0.2, 0) is 56.5 Å². The maximum Gasteiger partial charge on any atom is 0.697 e. The number of aromatic amines is 1. The Morgan fingerprint density at radius 3 is 1.43 bits per heavy atom. The van der Waals surface area contributed by atoms with Gasteiger partial charge in [0.1, 0.15) is 55.6 Å². The van der Waals surface area contributed by atoms with E-state index in [0.29, 0.717) is 49.1 Å². The number of carbonyl (C=O) groups excluding carboxylic acids is 6. The van der Waals surface area contributed by atoms with Gasteiger partial charge in [-0.25, -0.2) is 9.78 Å². The fraction of sp³-hybridized carbons (Fsp3) is 0.784. The van der Waals surface area contributed by atoms with Crippen LogP contribution in [0.4, 0.5) is 11.8 Å². The zero-order valence-electron chi connectivity index (χ0n) is 78.0. The van der Waals surface area contributed by atoms with Crippen molar-refractivity contribution in [2.75, 3.05) is 57.3 Å². The highest BCUT2D eigenvalue weighted by molar-refractivity contribution is 7.33. The SMILES string of the molecule is CCCCCCCCCCCCCCCCCCOc1cc(C(=O)N(C)CCOC(=O)CCC(=O)Nc2ccn([C@H]3CC(OC(=O)CCC(C)=O)[C@@H](CO[P+](=O)OC4C[C@H](n5cnc6c(=O)[nH]c(NC(=O)C(C)C)nc65)O[C@@H]4CC)O3)c(=O)n2)cc(OCCCCCCCCCCCCCCCCCC)c1OCCCCCCCCCCCCCCCCCC. The molecule has 3 unspecified atom stereocenters. The second-order valence-electron chi connectivity index (χ2n) is 35.2. The van der Waals surface area contributed by atoms with Gasteiger partial charge in [0.2, 0.25) is 23.5 Å². The molecule has 2 aliphatic rings. The summed E-state index contributed by atoms with van der Waals surface area (Å²) in [5.74, 6) is -1.99. The molecular weight excluding hydrogens is 1610 g/mol.